The van der Waals surface area contributed by atoms with Crippen LogP contribution in [0.1, 0.15) is 19.3 Å². The van der Waals surface area contributed by atoms with E-state index in [-0.39, 0.29) is 11.8 Å². The first-order valence-electron chi connectivity index (χ1n) is 12.1. The number of hydrogen-bond donors (Lipinski definition) is 3. The van der Waals surface area contributed by atoms with Gasteiger partial charge in [-0.05, 0) is 42.7 Å². The Hall–Kier alpha value is -4.99. The number of pyridine rings is 4. The number of H-pyrrole nitrogens is 2. The fourth-order valence-corrected chi connectivity index (χ4v) is 4.61. The molecular formula is C27H21N9O. The summed E-state index contributed by atoms with van der Waals surface area (Å²) >= 11 is 0. The molecule has 10 heteroatoms. The number of anilines is 1. The molecule has 1 aliphatic rings. The molecule has 3 N–H and O–H groups in total. The van der Waals surface area contributed by atoms with E-state index in [4.69, 9.17) is 4.98 Å². The smallest absolute Gasteiger partial charge is 0.227 e. The lowest BCUT2D eigenvalue weighted by molar-refractivity contribution is -0.122. The molecule has 7 rings (SSSR count). The molecule has 37 heavy (non-hydrogen) atoms. The third-order valence-electron chi connectivity index (χ3n) is 6.84. The van der Waals surface area contributed by atoms with Gasteiger partial charge in [0.15, 0.2) is 11.5 Å². The Balaban J connectivity index is 1.26. The second kappa shape index (κ2) is 8.59. The second-order valence-electron chi connectivity index (χ2n) is 9.18. The molecular weight excluding hydrogens is 466 g/mol. The Morgan fingerprint density at radius 1 is 0.919 bits per heavy atom. The zero-order valence-electron chi connectivity index (χ0n) is 19.6. The van der Waals surface area contributed by atoms with Gasteiger partial charge in [-0.2, -0.15) is 5.10 Å². The Morgan fingerprint density at radius 3 is 2.59 bits per heavy atom. The normalized spacial score (nSPS) is 13.6. The SMILES string of the molecule is O=C(Nc1cncc(-c2cnc3[nH]nc(-c4nc5c(-c6ccncc6)cncc5[nH]4)c3c2)c1)C1CCC1. The van der Waals surface area contributed by atoms with Crippen molar-refractivity contribution < 1.29 is 4.79 Å². The van der Waals surface area contributed by atoms with Crippen LogP contribution in [0.5, 0.6) is 0 Å². The molecule has 6 heterocycles. The van der Waals surface area contributed by atoms with Crippen molar-refractivity contribution in [2.45, 2.75) is 19.3 Å². The van der Waals surface area contributed by atoms with Gasteiger partial charge < -0.3 is 10.3 Å². The van der Waals surface area contributed by atoms with E-state index < -0.39 is 0 Å². The average molecular weight is 488 g/mol. The van der Waals surface area contributed by atoms with Crippen molar-refractivity contribution in [2.24, 2.45) is 5.92 Å². The van der Waals surface area contributed by atoms with Gasteiger partial charge in [-0.25, -0.2) is 9.97 Å². The Kier molecular flexibility index (Phi) is 4.95. The Labute approximate surface area is 210 Å². The van der Waals surface area contributed by atoms with Crippen LogP contribution in [0.3, 0.4) is 0 Å². The van der Waals surface area contributed by atoms with Gasteiger partial charge in [0, 0.05) is 53.6 Å². The maximum atomic E-state index is 12.4. The summed E-state index contributed by atoms with van der Waals surface area (Å²) in [6, 6.07) is 7.79. The van der Waals surface area contributed by atoms with Crippen molar-refractivity contribution in [1.82, 2.24) is 40.1 Å². The third kappa shape index (κ3) is 3.79. The Bertz CT molecular complexity index is 1770. The third-order valence-corrected chi connectivity index (χ3v) is 6.84. The number of imidazole rings is 1. The molecule has 1 aliphatic carbocycles. The minimum absolute atomic E-state index is 0.0569. The average Bonchev–Trinajstić information content (AvgIpc) is 3.52. The van der Waals surface area contributed by atoms with E-state index in [0.29, 0.717) is 22.9 Å². The minimum atomic E-state index is 0.0569. The highest BCUT2D eigenvalue weighted by atomic mass is 16.1. The molecule has 0 bridgehead atoms. The first-order chi connectivity index (χ1) is 18.2. The van der Waals surface area contributed by atoms with Gasteiger partial charge >= 0.3 is 0 Å². The van der Waals surface area contributed by atoms with Crippen LogP contribution < -0.4 is 5.32 Å². The monoisotopic (exact) mass is 487 g/mol. The summed E-state index contributed by atoms with van der Waals surface area (Å²) in [6.45, 7) is 0. The van der Waals surface area contributed by atoms with E-state index in [1.807, 2.05) is 24.3 Å². The van der Waals surface area contributed by atoms with Crippen molar-refractivity contribution in [3.63, 3.8) is 0 Å². The number of carbonyl (C=O) groups excluding carboxylic acids is 1. The maximum Gasteiger partial charge on any atom is 0.227 e. The standard InChI is InChI=1S/C27H21N9O/c37-27(16-2-1-3-16)32-19-8-17(10-29-12-19)18-9-20-24(35-36-25(20)31-11-18)26-33-22-14-30-13-21(23(22)34-26)15-4-6-28-7-5-15/h4-14,16H,1-3H2,(H,32,37)(H,33,34)(H,31,35,36). The van der Waals surface area contributed by atoms with Crippen molar-refractivity contribution in [3.8, 4) is 33.8 Å². The summed E-state index contributed by atoms with van der Waals surface area (Å²) < 4.78 is 0. The zero-order valence-corrected chi connectivity index (χ0v) is 19.6. The molecule has 0 aromatic carbocycles. The van der Waals surface area contributed by atoms with E-state index in [0.717, 1.165) is 57.9 Å². The molecule has 0 unspecified atom stereocenters. The fraction of sp³-hybridized carbons (Fsp3) is 0.148. The number of hydrogen-bond acceptors (Lipinski definition) is 7. The fourth-order valence-electron chi connectivity index (χ4n) is 4.61. The number of carbonyl (C=O) groups is 1. The minimum Gasteiger partial charge on any atom is -0.335 e. The van der Waals surface area contributed by atoms with Crippen molar-refractivity contribution in [2.75, 3.05) is 5.32 Å². The number of aromatic amines is 2. The zero-order chi connectivity index (χ0) is 24.8. The molecule has 0 aliphatic heterocycles. The largest absolute Gasteiger partial charge is 0.335 e. The van der Waals surface area contributed by atoms with Crippen LogP contribution in [-0.2, 0) is 4.79 Å². The van der Waals surface area contributed by atoms with Crippen LogP contribution in [0.15, 0.2) is 67.6 Å². The van der Waals surface area contributed by atoms with Crippen molar-refractivity contribution >= 4 is 33.7 Å². The highest BCUT2D eigenvalue weighted by Crippen LogP contribution is 2.32. The molecule has 1 saturated carbocycles. The number of rotatable bonds is 5. The quantitative estimate of drug-likeness (QED) is 0.319. The number of aromatic nitrogens is 8. The molecule has 180 valence electrons. The van der Waals surface area contributed by atoms with Crippen LogP contribution in [-0.4, -0.2) is 46.0 Å². The van der Waals surface area contributed by atoms with Gasteiger partial charge in [0.1, 0.15) is 5.69 Å². The predicted molar refractivity (Wildman–Crippen MR) is 139 cm³/mol. The number of fused-ring (bicyclic) bond motifs is 2. The molecule has 1 amide bonds. The summed E-state index contributed by atoms with van der Waals surface area (Å²) in [6.07, 6.45) is 15.3. The first-order valence-corrected chi connectivity index (χ1v) is 12.1. The van der Waals surface area contributed by atoms with Crippen LogP contribution in [0.4, 0.5) is 5.69 Å². The van der Waals surface area contributed by atoms with Gasteiger partial charge in [0.25, 0.3) is 0 Å². The Morgan fingerprint density at radius 2 is 1.76 bits per heavy atom. The van der Waals surface area contributed by atoms with E-state index in [1.54, 1.807) is 43.4 Å². The van der Waals surface area contributed by atoms with Gasteiger partial charge in [-0.15, -0.1) is 0 Å². The number of nitrogens with zero attached hydrogens (tertiary/aromatic N) is 6. The van der Waals surface area contributed by atoms with Crippen molar-refractivity contribution in [3.05, 3.63) is 67.6 Å². The predicted octanol–water partition coefficient (Wildman–Crippen LogP) is 4.76. The van der Waals surface area contributed by atoms with Crippen molar-refractivity contribution in [1.29, 1.82) is 0 Å². The molecule has 0 radical (unpaired) electrons. The summed E-state index contributed by atoms with van der Waals surface area (Å²) in [7, 11) is 0. The number of nitrogens with one attached hydrogen (secondary N) is 3. The molecule has 6 aromatic rings. The summed E-state index contributed by atoms with van der Waals surface area (Å²) in [5.41, 5.74) is 7.19. The molecule has 6 aromatic heterocycles. The van der Waals surface area contributed by atoms with E-state index >= 15 is 0 Å². The molecule has 0 atom stereocenters. The van der Waals surface area contributed by atoms with E-state index in [9.17, 15) is 4.79 Å². The van der Waals surface area contributed by atoms with Gasteiger partial charge in [-0.1, -0.05) is 6.42 Å². The molecule has 10 nitrogen and oxygen atoms in total. The van der Waals surface area contributed by atoms with Crippen LogP contribution >= 0.6 is 0 Å². The van der Waals surface area contributed by atoms with Crippen LogP contribution in [0, 0.1) is 5.92 Å². The highest BCUT2D eigenvalue weighted by molar-refractivity contribution is 5.97. The maximum absolute atomic E-state index is 12.4. The molecule has 1 fully saturated rings. The lowest BCUT2D eigenvalue weighted by Gasteiger charge is -2.24. The lowest BCUT2D eigenvalue weighted by atomic mass is 9.85. The first kappa shape index (κ1) is 21.3. The van der Waals surface area contributed by atoms with E-state index in [1.165, 1.54) is 0 Å². The molecule has 0 saturated heterocycles. The lowest BCUT2D eigenvalue weighted by Crippen LogP contribution is -2.28. The summed E-state index contributed by atoms with van der Waals surface area (Å²) in [5.74, 6) is 0.776. The van der Waals surface area contributed by atoms with Gasteiger partial charge in [0.05, 0.1) is 34.5 Å². The summed E-state index contributed by atoms with van der Waals surface area (Å²) in [5, 5.41) is 11.3. The number of amides is 1. The van der Waals surface area contributed by atoms with Crippen LogP contribution in [0.25, 0.3) is 55.8 Å². The van der Waals surface area contributed by atoms with Gasteiger partial charge in [0.2, 0.25) is 5.91 Å². The highest BCUT2D eigenvalue weighted by Gasteiger charge is 2.25. The molecule has 0 spiro atoms. The van der Waals surface area contributed by atoms with Crippen LogP contribution in [0.2, 0.25) is 0 Å². The topological polar surface area (TPSA) is 138 Å². The van der Waals surface area contributed by atoms with E-state index in [2.05, 4.69) is 40.4 Å². The van der Waals surface area contributed by atoms with Gasteiger partial charge in [-0.3, -0.25) is 24.8 Å². The second-order valence-corrected chi connectivity index (χ2v) is 9.18. The summed E-state index contributed by atoms with van der Waals surface area (Å²) in [4.78, 5) is 38.0.